The van der Waals surface area contributed by atoms with E-state index in [2.05, 4.69) is 21.8 Å². The van der Waals surface area contributed by atoms with Gasteiger partial charge in [0.1, 0.15) is 24.1 Å². The molecule has 2 heterocycles. The molecule has 4 aromatic rings. The minimum absolute atomic E-state index is 0.0528. The van der Waals surface area contributed by atoms with E-state index in [1.54, 1.807) is 37.4 Å². The third-order valence-electron chi connectivity index (χ3n) is 7.00. The van der Waals surface area contributed by atoms with Crippen LogP contribution in [0.4, 0.5) is 20.2 Å². The molecule has 0 saturated heterocycles. The summed E-state index contributed by atoms with van der Waals surface area (Å²) in [6.07, 6.45) is 1.32. The number of carbonyl (C=O) groups is 2. The van der Waals surface area contributed by atoms with Gasteiger partial charge in [-0.15, -0.1) is 0 Å². The molecule has 2 N–H and O–H groups in total. The Kier molecular flexibility index (Phi) is 7.99. The average Bonchev–Trinajstić information content (AvgIpc) is 3.43. The summed E-state index contributed by atoms with van der Waals surface area (Å²) in [5.41, 5.74) is 0.826. The number of nitrogens with zero attached hydrogens (tertiary/aromatic N) is 4. The molecule has 0 aliphatic carbocycles. The number of hydrogen-bond acceptors (Lipinski definition) is 6. The zero-order valence-electron chi connectivity index (χ0n) is 23.0. The number of ether oxygens (including phenoxy) is 1. The van der Waals surface area contributed by atoms with Crippen molar-refractivity contribution in [2.24, 2.45) is 0 Å². The van der Waals surface area contributed by atoms with Crippen LogP contribution in [0.5, 0.6) is 5.75 Å². The Morgan fingerprint density at radius 3 is 2.52 bits per heavy atom. The SMILES string of the molecule is CNCCOc1ccc(NC(=O)c2cnn3c2C(=O)N(c2ccc(C(F)(F)c4ccccc4)cc2)C(C)C3)cc1C#N. The van der Waals surface area contributed by atoms with Crippen molar-refractivity contribution in [1.29, 1.82) is 5.26 Å². The molecule has 1 aliphatic rings. The van der Waals surface area contributed by atoms with Gasteiger partial charge in [0.2, 0.25) is 0 Å². The van der Waals surface area contributed by atoms with E-state index < -0.39 is 17.7 Å². The maximum absolute atomic E-state index is 15.1. The lowest BCUT2D eigenvalue weighted by Gasteiger charge is -2.34. The molecule has 1 aliphatic heterocycles. The Morgan fingerprint density at radius 2 is 1.83 bits per heavy atom. The molecule has 0 radical (unpaired) electrons. The second-order valence-corrected chi connectivity index (χ2v) is 9.83. The molecule has 3 aromatic carbocycles. The van der Waals surface area contributed by atoms with Gasteiger partial charge in [0.15, 0.2) is 0 Å². The number of aromatic nitrogens is 2. The van der Waals surface area contributed by atoms with E-state index in [-0.39, 0.29) is 34.0 Å². The predicted molar refractivity (Wildman–Crippen MR) is 153 cm³/mol. The molecule has 214 valence electrons. The van der Waals surface area contributed by atoms with Gasteiger partial charge >= 0.3 is 0 Å². The van der Waals surface area contributed by atoms with Crippen molar-refractivity contribution in [3.8, 4) is 11.8 Å². The van der Waals surface area contributed by atoms with Crippen LogP contribution in [0.2, 0.25) is 0 Å². The van der Waals surface area contributed by atoms with Crippen LogP contribution in [0.1, 0.15) is 44.5 Å². The summed E-state index contributed by atoms with van der Waals surface area (Å²) in [4.78, 5) is 28.4. The summed E-state index contributed by atoms with van der Waals surface area (Å²) in [5, 5.41) is 19.5. The van der Waals surface area contributed by atoms with Crippen LogP contribution in [0.3, 0.4) is 0 Å². The Morgan fingerprint density at radius 1 is 1.12 bits per heavy atom. The molecule has 1 atom stereocenters. The Labute approximate surface area is 241 Å². The second kappa shape index (κ2) is 11.8. The fraction of sp³-hybridized carbons (Fsp3) is 0.226. The molecule has 0 fully saturated rings. The van der Waals surface area contributed by atoms with E-state index in [0.29, 0.717) is 36.8 Å². The molecule has 42 heavy (non-hydrogen) atoms. The van der Waals surface area contributed by atoms with Gasteiger partial charge in [-0.25, -0.2) is 0 Å². The molecule has 2 amide bonds. The summed E-state index contributed by atoms with van der Waals surface area (Å²) in [6, 6.07) is 19.5. The summed E-state index contributed by atoms with van der Waals surface area (Å²) in [5.74, 6) is -3.88. The minimum Gasteiger partial charge on any atom is -0.491 e. The monoisotopic (exact) mass is 570 g/mol. The zero-order valence-corrected chi connectivity index (χ0v) is 23.0. The van der Waals surface area contributed by atoms with Gasteiger partial charge in [0.05, 0.1) is 29.9 Å². The van der Waals surface area contributed by atoms with Crippen molar-refractivity contribution in [3.05, 3.63) is 107 Å². The number of likely N-dealkylation sites (N-methyl/N-ethyl adjacent to an activating group) is 1. The number of hydrogen-bond donors (Lipinski definition) is 2. The van der Waals surface area contributed by atoms with Crippen molar-refractivity contribution in [3.63, 3.8) is 0 Å². The number of benzene rings is 3. The van der Waals surface area contributed by atoms with Gasteiger partial charge in [0, 0.05) is 29.0 Å². The largest absolute Gasteiger partial charge is 0.491 e. The van der Waals surface area contributed by atoms with Crippen molar-refractivity contribution in [1.82, 2.24) is 15.1 Å². The van der Waals surface area contributed by atoms with Crippen LogP contribution in [0, 0.1) is 11.3 Å². The first-order valence-corrected chi connectivity index (χ1v) is 13.3. The number of amides is 2. The number of nitrogens with one attached hydrogen (secondary N) is 2. The van der Waals surface area contributed by atoms with Crippen LogP contribution < -0.4 is 20.3 Å². The van der Waals surface area contributed by atoms with Crippen LogP contribution in [0.25, 0.3) is 0 Å². The maximum atomic E-state index is 15.1. The smallest absolute Gasteiger partial charge is 0.298 e. The standard InChI is InChI=1S/C31H28F2N6O3/c1-20-19-38-28(26(18-36-38)29(40)37-24-10-13-27(21(16-24)17-34)42-15-14-35-2)30(41)39(20)25-11-8-23(9-12-25)31(32,33)22-6-4-3-5-7-22/h3-13,16,18,20,35H,14-15,19H2,1-2H3,(H,37,40). The molecule has 0 bridgehead atoms. The first kappa shape index (κ1) is 28.4. The zero-order chi connectivity index (χ0) is 29.9. The highest BCUT2D eigenvalue weighted by Gasteiger charge is 2.37. The first-order valence-electron chi connectivity index (χ1n) is 13.3. The van der Waals surface area contributed by atoms with Crippen LogP contribution in [-0.4, -0.2) is 47.8 Å². The van der Waals surface area contributed by atoms with E-state index in [1.165, 1.54) is 58.2 Å². The molecular formula is C31H28F2N6O3. The molecular weight excluding hydrogens is 542 g/mol. The second-order valence-electron chi connectivity index (χ2n) is 9.83. The number of anilines is 2. The molecule has 1 unspecified atom stereocenters. The highest BCUT2D eigenvalue weighted by atomic mass is 19.3. The molecule has 11 heteroatoms. The van der Waals surface area contributed by atoms with Crippen molar-refractivity contribution >= 4 is 23.2 Å². The van der Waals surface area contributed by atoms with E-state index in [4.69, 9.17) is 4.74 Å². The molecule has 1 aromatic heterocycles. The normalized spacial score (nSPS) is 14.7. The van der Waals surface area contributed by atoms with Crippen molar-refractivity contribution in [2.75, 3.05) is 30.4 Å². The number of fused-ring (bicyclic) bond motifs is 1. The Hall–Kier alpha value is -5.08. The lowest BCUT2D eigenvalue weighted by atomic mass is 9.99. The van der Waals surface area contributed by atoms with E-state index in [1.807, 2.05) is 6.92 Å². The number of rotatable bonds is 9. The topological polar surface area (TPSA) is 112 Å². The highest BCUT2D eigenvalue weighted by molar-refractivity contribution is 6.15. The number of halogens is 2. The Balaban J connectivity index is 1.37. The third kappa shape index (κ3) is 5.44. The van der Waals surface area contributed by atoms with E-state index in [9.17, 15) is 14.9 Å². The van der Waals surface area contributed by atoms with Gasteiger partial charge in [-0.2, -0.15) is 19.1 Å². The van der Waals surface area contributed by atoms with Crippen LogP contribution in [0.15, 0.2) is 79.0 Å². The lowest BCUT2D eigenvalue weighted by Crippen LogP contribution is -2.47. The van der Waals surface area contributed by atoms with Gasteiger partial charge in [0.25, 0.3) is 17.7 Å². The van der Waals surface area contributed by atoms with Gasteiger partial charge in [-0.3, -0.25) is 14.3 Å². The molecule has 5 rings (SSSR count). The van der Waals surface area contributed by atoms with E-state index >= 15 is 8.78 Å². The molecule has 0 spiro atoms. The number of carbonyl (C=O) groups excluding carboxylic acids is 2. The van der Waals surface area contributed by atoms with Gasteiger partial charge in [-0.1, -0.05) is 42.5 Å². The summed E-state index contributed by atoms with van der Waals surface area (Å²) < 4.78 is 37.2. The fourth-order valence-corrected chi connectivity index (χ4v) is 4.86. The highest BCUT2D eigenvalue weighted by Crippen LogP contribution is 2.37. The molecule has 9 nitrogen and oxygen atoms in total. The van der Waals surface area contributed by atoms with Crippen molar-refractivity contribution in [2.45, 2.75) is 25.4 Å². The first-order chi connectivity index (χ1) is 20.2. The van der Waals surface area contributed by atoms with Gasteiger partial charge in [-0.05, 0) is 44.3 Å². The fourth-order valence-electron chi connectivity index (χ4n) is 4.86. The summed E-state index contributed by atoms with van der Waals surface area (Å²) in [6.45, 7) is 3.09. The van der Waals surface area contributed by atoms with Crippen molar-refractivity contribution < 1.29 is 23.1 Å². The third-order valence-corrected chi connectivity index (χ3v) is 7.00. The quantitative estimate of drug-likeness (QED) is 0.280. The van der Waals surface area contributed by atoms with Gasteiger partial charge < -0.3 is 20.3 Å². The lowest BCUT2D eigenvalue weighted by molar-refractivity contribution is 0.0428. The summed E-state index contributed by atoms with van der Waals surface area (Å²) >= 11 is 0. The van der Waals surface area contributed by atoms with E-state index in [0.717, 1.165) is 0 Å². The average molecular weight is 571 g/mol. The Bertz CT molecular complexity index is 1650. The molecule has 0 saturated carbocycles. The maximum Gasteiger partial charge on any atom is 0.298 e. The minimum atomic E-state index is -3.20. The number of nitriles is 1. The summed E-state index contributed by atoms with van der Waals surface area (Å²) in [7, 11) is 1.79. The van der Waals surface area contributed by atoms with Crippen LogP contribution >= 0.6 is 0 Å². The number of alkyl halides is 2. The van der Waals surface area contributed by atoms with Crippen LogP contribution in [-0.2, 0) is 12.5 Å². The predicted octanol–water partition coefficient (Wildman–Crippen LogP) is 4.79.